The van der Waals surface area contributed by atoms with Crippen LogP contribution in [-0.2, 0) is 9.53 Å². The molecule has 0 aromatic rings. The molecule has 0 saturated carbocycles. The Kier molecular flexibility index (Phi) is 2.89. The van der Waals surface area contributed by atoms with Gasteiger partial charge in [0, 0.05) is 12.8 Å². The maximum absolute atomic E-state index is 11.0. The summed E-state index contributed by atoms with van der Waals surface area (Å²) in [6.07, 6.45) is 1.39. The van der Waals surface area contributed by atoms with Gasteiger partial charge in [0.05, 0.1) is 18.3 Å². The van der Waals surface area contributed by atoms with Gasteiger partial charge in [0.2, 0.25) is 5.91 Å². The van der Waals surface area contributed by atoms with Crippen LogP contribution in [0.3, 0.4) is 0 Å². The number of carbonyl (C=O) groups is 1. The standard InChI is InChI=1S/C10H15N3O2/c1-6(14)13-10-8-4-7(5-11)15-9(8)2-3-12-10/h7-10,12H,2-4H2,1H3,(H,13,14). The van der Waals surface area contributed by atoms with E-state index in [1.165, 1.54) is 6.92 Å². The average Bonchev–Trinajstić information content (AvgIpc) is 2.61. The molecular weight excluding hydrogens is 194 g/mol. The van der Waals surface area contributed by atoms with Gasteiger partial charge in [-0.25, -0.2) is 0 Å². The van der Waals surface area contributed by atoms with Gasteiger partial charge in [-0.2, -0.15) is 5.26 Å². The van der Waals surface area contributed by atoms with E-state index < -0.39 is 0 Å². The van der Waals surface area contributed by atoms with E-state index in [0.29, 0.717) is 6.42 Å². The van der Waals surface area contributed by atoms with Gasteiger partial charge in [-0.1, -0.05) is 0 Å². The van der Waals surface area contributed by atoms with Crippen LogP contribution in [0.1, 0.15) is 19.8 Å². The molecule has 82 valence electrons. The summed E-state index contributed by atoms with van der Waals surface area (Å²) in [5.74, 6) is 0.181. The second kappa shape index (κ2) is 4.17. The van der Waals surface area contributed by atoms with Crippen molar-refractivity contribution in [1.29, 1.82) is 5.26 Å². The third kappa shape index (κ3) is 2.11. The number of fused-ring (bicyclic) bond motifs is 1. The molecule has 2 rings (SSSR count). The summed E-state index contributed by atoms with van der Waals surface area (Å²) in [7, 11) is 0. The lowest BCUT2D eigenvalue weighted by atomic mass is 9.91. The molecule has 0 aliphatic carbocycles. The number of piperidine rings is 1. The quantitative estimate of drug-likeness (QED) is 0.624. The number of nitrogens with one attached hydrogen (secondary N) is 2. The number of ether oxygens (including phenoxy) is 1. The van der Waals surface area contributed by atoms with Crippen molar-refractivity contribution in [1.82, 2.24) is 10.6 Å². The van der Waals surface area contributed by atoms with Crippen molar-refractivity contribution in [3.63, 3.8) is 0 Å². The smallest absolute Gasteiger partial charge is 0.218 e. The van der Waals surface area contributed by atoms with Crippen LogP contribution in [-0.4, -0.2) is 30.8 Å². The molecule has 0 radical (unpaired) electrons. The van der Waals surface area contributed by atoms with Crippen LogP contribution in [0.2, 0.25) is 0 Å². The summed E-state index contributed by atoms with van der Waals surface area (Å²) < 4.78 is 5.57. The predicted octanol–water partition coefficient (Wildman–Crippen LogP) is -0.261. The molecule has 1 amide bonds. The zero-order chi connectivity index (χ0) is 10.8. The lowest BCUT2D eigenvalue weighted by Gasteiger charge is -2.33. The van der Waals surface area contributed by atoms with Crippen molar-refractivity contribution < 1.29 is 9.53 Å². The third-order valence-corrected chi connectivity index (χ3v) is 3.03. The molecule has 2 heterocycles. The Morgan fingerprint density at radius 2 is 2.47 bits per heavy atom. The number of hydrogen-bond donors (Lipinski definition) is 2. The van der Waals surface area contributed by atoms with Crippen LogP contribution >= 0.6 is 0 Å². The number of nitrogens with zero attached hydrogens (tertiary/aromatic N) is 1. The van der Waals surface area contributed by atoms with Gasteiger partial charge >= 0.3 is 0 Å². The highest BCUT2D eigenvalue weighted by atomic mass is 16.5. The molecule has 5 heteroatoms. The van der Waals surface area contributed by atoms with E-state index in [2.05, 4.69) is 16.7 Å². The minimum absolute atomic E-state index is 0.0420. The van der Waals surface area contributed by atoms with Crippen molar-refractivity contribution in [2.75, 3.05) is 6.54 Å². The van der Waals surface area contributed by atoms with E-state index >= 15 is 0 Å². The van der Waals surface area contributed by atoms with E-state index in [1.807, 2.05) is 0 Å². The topological polar surface area (TPSA) is 74.2 Å². The van der Waals surface area contributed by atoms with E-state index in [1.54, 1.807) is 0 Å². The number of rotatable bonds is 1. The summed E-state index contributed by atoms with van der Waals surface area (Å²) in [5.41, 5.74) is 0. The van der Waals surface area contributed by atoms with Crippen LogP contribution in [0.5, 0.6) is 0 Å². The Balaban J connectivity index is 2.02. The highest BCUT2D eigenvalue weighted by molar-refractivity contribution is 5.73. The number of carbonyl (C=O) groups excluding carboxylic acids is 1. The zero-order valence-corrected chi connectivity index (χ0v) is 8.69. The lowest BCUT2D eigenvalue weighted by molar-refractivity contribution is -0.120. The van der Waals surface area contributed by atoms with Crippen molar-refractivity contribution in [2.45, 2.75) is 38.1 Å². The van der Waals surface area contributed by atoms with Gasteiger partial charge < -0.3 is 10.1 Å². The van der Waals surface area contributed by atoms with Crippen LogP contribution in [0.15, 0.2) is 0 Å². The molecule has 2 aliphatic rings. The van der Waals surface area contributed by atoms with Gasteiger partial charge in [-0.05, 0) is 19.4 Å². The molecule has 0 aromatic carbocycles. The molecule has 4 atom stereocenters. The fourth-order valence-corrected chi connectivity index (χ4v) is 2.39. The molecule has 0 spiro atoms. The Morgan fingerprint density at radius 1 is 1.67 bits per heavy atom. The largest absolute Gasteiger partial charge is 0.360 e. The fourth-order valence-electron chi connectivity index (χ4n) is 2.39. The van der Waals surface area contributed by atoms with E-state index in [9.17, 15) is 4.79 Å². The molecule has 0 bridgehead atoms. The minimum atomic E-state index is -0.309. The normalized spacial score (nSPS) is 39.2. The lowest BCUT2D eigenvalue weighted by Crippen LogP contribution is -2.55. The van der Waals surface area contributed by atoms with Crippen LogP contribution in [0.4, 0.5) is 0 Å². The molecular formula is C10H15N3O2. The third-order valence-electron chi connectivity index (χ3n) is 3.03. The van der Waals surface area contributed by atoms with Gasteiger partial charge in [-0.15, -0.1) is 0 Å². The highest BCUT2D eigenvalue weighted by Crippen LogP contribution is 2.32. The highest BCUT2D eigenvalue weighted by Gasteiger charge is 2.42. The summed E-state index contributed by atoms with van der Waals surface area (Å²) in [6.45, 7) is 2.33. The molecule has 2 N–H and O–H groups in total. The molecule has 5 nitrogen and oxygen atoms in total. The first-order chi connectivity index (χ1) is 7.20. The van der Waals surface area contributed by atoms with Crippen LogP contribution in [0.25, 0.3) is 0 Å². The van der Waals surface area contributed by atoms with Crippen LogP contribution < -0.4 is 10.6 Å². The maximum atomic E-state index is 11.0. The first kappa shape index (κ1) is 10.4. The Hall–Kier alpha value is -1.12. The SMILES string of the molecule is CC(=O)NC1NCCC2OC(C#N)CC12. The maximum Gasteiger partial charge on any atom is 0.218 e. The number of hydrogen-bond acceptors (Lipinski definition) is 4. The first-order valence-corrected chi connectivity index (χ1v) is 5.26. The van der Waals surface area contributed by atoms with Crippen LogP contribution in [0, 0.1) is 17.2 Å². The Labute approximate surface area is 88.8 Å². The average molecular weight is 209 g/mol. The number of amides is 1. The van der Waals surface area contributed by atoms with Gasteiger partial charge in [-0.3, -0.25) is 10.1 Å². The zero-order valence-electron chi connectivity index (χ0n) is 8.69. The van der Waals surface area contributed by atoms with Gasteiger partial charge in [0.1, 0.15) is 6.10 Å². The first-order valence-electron chi connectivity index (χ1n) is 5.26. The van der Waals surface area contributed by atoms with Crippen molar-refractivity contribution >= 4 is 5.91 Å². The molecule has 4 unspecified atom stereocenters. The van der Waals surface area contributed by atoms with Crippen molar-refractivity contribution in [2.24, 2.45) is 5.92 Å². The van der Waals surface area contributed by atoms with Crippen molar-refractivity contribution in [3.05, 3.63) is 0 Å². The number of nitriles is 1. The second-order valence-electron chi connectivity index (χ2n) is 4.11. The molecule has 2 saturated heterocycles. The van der Waals surface area contributed by atoms with Crippen molar-refractivity contribution in [3.8, 4) is 6.07 Å². The molecule has 0 aromatic heterocycles. The summed E-state index contributed by atoms with van der Waals surface area (Å²) in [4.78, 5) is 11.0. The summed E-state index contributed by atoms with van der Waals surface area (Å²) in [6, 6.07) is 2.13. The van der Waals surface area contributed by atoms with E-state index in [0.717, 1.165) is 13.0 Å². The van der Waals surface area contributed by atoms with E-state index in [4.69, 9.17) is 10.00 Å². The Morgan fingerprint density at radius 3 is 3.13 bits per heavy atom. The second-order valence-corrected chi connectivity index (χ2v) is 4.11. The van der Waals surface area contributed by atoms with Gasteiger partial charge in [0.25, 0.3) is 0 Å². The monoisotopic (exact) mass is 209 g/mol. The van der Waals surface area contributed by atoms with E-state index in [-0.39, 0.29) is 30.2 Å². The van der Waals surface area contributed by atoms with Gasteiger partial charge in [0.15, 0.2) is 0 Å². The Bertz CT molecular complexity index is 300. The molecule has 2 aliphatic heterocycles. The predicted molar refractivity (Wildman–Crippen MR) is 52.6 cm³/mol. The fraction of sp³-hybridized carbons (Fsp3) is 0.800. The summed E-state index contributed by atoms with van der Waals surface area (Å²) >= 11 is 0. The molecule has 2 fully saturated rings. The minimum Gasteiger partial charge on any atom is -0.360 e. The molecule has 15 heavy (non-hydrogen) atoms. The summed E-state index contributed by atoms with van der Waals surface area (Å²) in [5, 5.41) is 14.9.